The molecular formula is C23H30ClN5. The second kappa shape index (κ2) is 9.51. The standard InChI is InChI=1S/C22H26ClN5.CH4/c1-3-15(2)28-12-9-17(10-13-28)22-20(19-8-11-24-14-25-19)21(26-27-22)16-4-6-18(23)7-5-16;/h4-8,11,14-15,17H,3,9-10,12-13H2,1-2H3,(H,26,27);1H4. The molecule has 4 rings (SSSR count). The van der Waals surface area contributed by atoms with Crippen LogP contribution in [0, 0.1) is 0 Å². The molecule has 1 fully saturated rings. The highest BCUT2D eigenvalue weighted by molar-refractivity contribution is 6.30. The number of likely N-dealkylation sites (tertiary alicyclic amines) is 1. The van der Waals surface area contributed by atoms with Gasteiger partial charge in [0.15, 0.2) is 0 Å². The van der Waals surface area contributed by atoms with Crippen molar-refractivity contribution in [3.63, 3.8) is 0 Å². The fourth-order valence-electron chi connectivity index (χ4n) is 4.05. The maximum absolute atomic E-state index is 6.08. The summed E-state index contributed by atoms with van der Waals surface area (Å²) in [6.07, 6.45) is 6.84. The molecule has 0 radical (unpaired) electrons. The van der Waals surface area contributed by atoms with Gasteiger partial charge in [0.2, 0.25) is 0 Å². The maximum Gasteiger partial charge on any atom is 0.116 e. The number of nitrogens with zero attached hydrogens (tertiary/aromatic N) is 4. The van der Waals surface area contributed by atoms with E-state index in [1.807, 2.05) is 30.3 Å². The molecule has 6 heteroatoms. The second-order valence-electron chi connectivity index (χ2n) is 7.53. The summed E-state index contributed by atoms with van der Waals surface area (Å²) in [5.74, 6) is 0.457. The van der Waals surface area contributed by atoms with Gasteiger partial charge in [-0.05, 0) is 57.5 Å². The van der Waals surface area contributed by atoms with Gasteiger partial charge >= 0.3 is 0 Å². The van der Waals surface area contributed by atoms with Gasteiger partial charge in [0.25, 0.3) is 0 Å². The highest BCUT2D eigenvalue weighted by Crippen LogP contribution is 2.39. The molecule has 1 N–H and O–H groups in total. The minimum Gasteiger partial charge on any atom is -0.301 e. The quantitative estimate of drug-likeness (QED) is 0.576. The molecule has 0 saturated carbocycles. The molecule has 5 nitrogen and oxygen atoms in total. The molecule has 0 amide bonds. The summed E-state index contributed by atoms with van der Waals surface area (Å²) in [6.45, 7) is 6.83. The first-order valence-corrected chi connectivity index (χ1v) is 10.4. The fourth-order valence-corrected chi connectivity index (χ4v) is 4.18. The Kier molecular flexibility index (Phi) is 7.04. The third-order valence-corrected chi connectivity index (χ3v) is 6.15. The minimum absolute atomic E-state index is 0. The molecule has 1 aliphatic rings. The minimum atomic E-state index is 0. The van der Waals surface area contributed by atoms with Gasteiger partial charge in [-0.3, -0.25) is 5.10 Å². The molecule has 29 heavy (non-hydrogen) atoms. The number of benzene rings is 1. The molecule has 1 unspecified atom stereocenters. The van der Waals surface area contributed by atoms with Gasteiger partial charge in [0, 0.05) is 40.0 Å². The Hall–Kier alpha value is -2.24. The Labute approximate surface area is 178 Å². The van der Waals surface area contributed by atoms with Gasteiger partial charge in [-0.15, -0.1) is 0 Å². The van der Waals surface area contributed by atoms with Crippen LogP contribution in [0.25, 0.3) is 22.5 Å². The molecule has 0 spiro atoms. The highest BCUT2D eigenvalue weighted by Gasteiger charge is 2.28. The van der Waals surface area contributed by atoms with Crippen LogP contribution in [0.4, 0.5) is 0 Å². The molecule has 3 aromatic rings. The number of hydrogen-bond donors (Lipinski definition) is 1. The lowest BCUT2D eigenvalue weighted by Crippen LogP contribution is -2.39. The van der Waals surface area contributed by atoms with Crippen molar-refractivity contribution in [1.82, 2.24) is 25.1 Å². The van der Waals surface area contributed by atoms with Gasteiger partial charge in [-0.2, -0.15) is 5.10 Å². The van der Waals surface area contributed by atoms with E-state index in [2.05, 4.69) is 33.8 Å². The second-order valence-corrected chi connectivity index (χ2v) is 7.97. The van der Waals surface area contributed by atoms with Crippen LogP contribution in [-0.2, 0) is 0 Å². The molecule has 3 heterocycles. The monoisotopic (exact) mass is 411 g/mol. The molecule has 1 saturated heterocycles. The number of nitrogens with one attached hydrogen (secondary N) is 1. The number of rotatable bonds is 5. The lowest BCUT2D eigenvalue weighted by Gasteiger charge is -2.35. The number of piperidine rings is 1. The smallest absolute Gasteiger partial charge is 0.116 e. The van der Waals surface area contributed by atoms with E-state index >= 15 is 0 Å². The first-order valence-electron chi connectivity index (χ1n) is 10.0. The van der Waals surface area contributed by atoms with Crippen molar-refractivity contribution >= 4 is 11.6 Å². The van der Waals surface area contributed by atoms with Crippen molar-refractivity contribution in [2.24, 2.45) is 0 Å². The van der Waals surface area contributed by atoms with Crippen LogP contribution in [0.5, 0.6) is 0 Å². The van der Waals surface area contributed by atoms with Crippen molar-refractivity contribution in [2.45, 2.75) is 52.5 Å². The van der Waals surface area contributed by atoms with Crippen LogP contribution in [0.2, 0.25) is 5.02 Å². The first kappa shape index (κ1) is 21.5. The zero-order valence-corrected chi connectivity index (χ0v) is 17.2. The molecule has 0 bridgehead atoms. The van der Waals surface area contributed by atoms with Crippen LogP contribution in [0.1, 0.15) is 52.1 Å². The van der Waals surface area contributed by atoms with E-state index < -0.39 is 0 Å². The topological polar surface area (TPSA) is 57.7 Å². The van der Waals surface area contributed by atoms with Gasteiger partial charge in [0.1, 0.15) is 12.0 Å². The highest BCUT2D eigenvalue weighted by atomic mass is 35.5. The average molecular weight is 412 g/mol. The van der Waals surface area contributed by atoms with Gasteiger partial charge < -0.3 is 4.90 Å². The van der Waals surface area contributed by atoms with Crippen LogP contribution in [-0.4, -0.2) is 44.2 Å². The number of halogens is 1. The summed E-state index contributed by atoms with van der Waals surface area (Å²) in [7, 11) is 0. The third-order valence-electron chi connectivity index (χ3n) is 5.90. The van der Waals surface area contributed by atoms with Crippen molar-refractivity contribution in [3.8, 4) is 22.5 Å². The summed E-state index contributed by atoms with van der Waals surface area (Å²) in [5.41, 5.74) is 5.15. The average Bonchev–Trinajstić information content (AvgIpc) is 3.19. The molecule has 154 valence electrons. The van der Waals surface area contributed by atoms with E-state index in [-0.39, 0.29) is 7.43 Å². The number of aromatic nitrogens is 4. The van der Waals surface area contributed by atoms with Crippen molar-refractivity contribution in [3.05, 3.63) is 53.6 Å². The Morgan fingerprint density at radius 3 is 2.52 bits per heavy atom. The predicted molar refractivity (Wildman–Crippen MR) is 120 cm³/mol. The normalized spacial score (nSPS) is 16.4. The Morgan fingerprint density at radius 2 is 1.90 bits per heavy atom. The molecule has 2 aromatic heterocycles. The van der Waals surface area contributed by atoms with Gasteiger partial charge in [-0.25, -0.2) is 9.97 Å². The van der Waals surface area contributed by atoms with Crippen LogP contribution >= 0.6 is 11.6 Å². The van der Waals surface area contributed by atoms with E-state index in [1.165, 1.54) is 12.1 Å². The van der Waals surface area contributed by atoms with Crippen molar-refractivity contribution in [2.75, 3.05) is 13.1 Å². The molecular weight excluding hydrogens is 382 g/mol. The van der Waals surface area contributed by atoms with Crippen molar-refractivity contribution < 1.29 is 0 Å². The Balaban J connectivity index is 0.00000240. The molecule has 1 aromatic carbocycles. The lowest BCUT2D eigenvalue weighted by molar-refractivity contribution is 0.157. The van der Waals surface area contributed by atoms with Crippen molar-refractivity contribution in [1.29, 1.82) is 0 Å². The number of H-pyrrole nitrogens is 1. The summed E-state index contributed by atoms with van der Waals surface area (Å²) >= 11 is 6.08. The largest absolute Gasteiger partial charge is 0.301 e. The molecule has 0 aliphatic carbocycles. The Morgan fingerprint density at radius 1 is 1.17 bits per heavy atom. The Bertz CT molecular complexity index is 899. The van der Waals surface area contributed by atoms with E-state index in [0.717, 1.165) is 53.5 Å². The summed E-state index contributed by atoms with van der Waals surface area (Å²) in [5, 5.41) is 8.77. The van der Waals surface area contributed by atoms with E-state index in [4.69, 9.17) is 16.7 Å². The SMILES string of the molecule is C.CCC(C)N1CCC(c2[nH]nc(-c3ccc(Cl)cc3)c2-c2ccncn2)CC1. The third kappa shape index (κ3) is 4.51. The molecule has 1 atom stereocenters. The lowest BCUT2D eigenvalue weighted by atomic mass is 9.88. The molecule has 1 aliphatic heterocycles. The van der Waals surface area contributed by atoms with Gasteiger partial charge in [-0.1, -0.05) is 38.1 Å². The first-order chi connectivity index (χ1) is 13.7. The van der Waals surface area contributed by atoms with Crippen LogP contribution < -0.4 is 0 Å². The van der Waals surface area contributed by atoms with E-state index in [1.54, 1.807) is 12.5 Å². The number of hydrogen-bond acceptors (Lipinski definition) is 4. The van der Waals surface area contributed by atoms with E-state index in [0.29, 0.717) is 12.0 Å². The summed E-state index contributed by atoms with van der Waals surface area (Å²) in [6, 6.07) is 10.4. The summed E-state index contributed by atoms with van der Waals surface area (Å²) < 4.78 is 0. The van der Waals surface area contributed by atoms with E-state index in [9.17, 15) is 0 Å². The van der Waals surface area contributed by atoms with Gasteiger partial charge in [0.05, 0.1) is 5.69 Å². The summed E-state index contributed by atoms with van der Waals surface area (Å²) in [4.78, 5) is 11.2. The zero-order chi connectivity index (χ0) is 19.5. The maximum atomic E-state index is 6.08. The number of aromatic amines is 1. The zero-order valence-electron chi connectivity index (χ0n) is 16.4. The van der Waals surface area contributed by atoms with Crippen LogP contribution in [0.15, 0.2) is 42.9 Å². The fraction of sp³-hybridized carbons (Fsp3) is 0.435. The predicted octanol–water partition coefficient (Wildman–Crippen LogP) is 5.80. The van der Waals surface area contributed by atoms with Crippen LogP contribution in [0.3, 0.4) is 0 Å².